The molecule has 0 aliphatic carbocycles. The number of para-hydroxylation sites is 2. The second kappa shape index (κ2) is 11.9. The zero-order valence-electron chi connectivity index (χ0n) is 20.1. The van der Waals surface area contributed by atoms with Crippen molar-refractivity contribution in [1.82, 2.24) is 0 Å². The highest BCUT2D eigenvalue weighted by atomic mass is 35.5. The number of alkyl halides is 1. The molecular formula is C28H25ClFNO6. The van der Waals surface area contributed by atoms with Crippen LogP contribution in [-0.2, 0) is 14.3 Å². The topological polar surface area (TPSA) is 82.1 Å². The van der Waals surface area contributed by atoms with Crippen molar-refractivity contribution in [1.29, 1.82) is 0 Å². The third-order valence-electron chi connectivity index (χ3n) is 5.95. The second-order valence-electron chi connectivity index (χ2n) is 8.43. The van der Waals surface area contributed by atoms with Crippen molar-refractivity contribution in [2.24, 2.45) is 5.92 Å². The Balaban J connectivity index is 1.40. The minimum atomic E-state index is -1.12. The van der Waals surface area contributed by atoms with Crippen LogP contribution >= 0.6 is 11.6 Å². The Morgan fingerprint density at radius 1 is 1.03 bits per heavy atom. The van der Waals surface area contributed by atoms with Gasteiger partial charge in [0.05, 0.1) is 13.0 Å². The van der Waals surface area contributed by atoms with Gasteiger partial charge in [-0.25, -0.2) is 4.39 Å². The highest BCUT2D eigenvalue weighted by Gasteiger charge is 2.38. The van der Waals surface area contributed by atoms with Crippen LogP contribution < -0.4 is 14.4 Å². The van der Waals surface area contributed by atoms with E-state index in [0.29, 0.717) is 22.9 Å². The molecule has 1 saturated heterocycles. The fraction of sp³-hybridized carbons (Fsp3) is 0.250. The van der Waals surface area contributed by atoms with Gasteiger partial charge in [-0.2, -0.15) is 0 Å². The lowest BCUT2D eigenvalue weighted by Crippen LogP contribution is -2.32. The number of hydrogen-bond donors (Lipinski definition) is 0. The van der Waals surface area contributed by atoms with E-state index in [1.165, 1.54) is 17.0 Å². The maximum atomic E-state index is 13.2. The van der Waals surface area contributed by atoms with E-state index in [1.807, 2.05) is 12.1 Å². The normalized spacial score (nSPS) is 15.8. The molecule has 1 aliphatic rings. The fourth-order valence-electron chi connectivity index (χ4n) is 4.02. The average molecular weight is 526 g/mol. The Morgan fingerprint density at radius 3 is 2.35 bits per heavy atom. The molecule has 0 radical (unpaired) electrons. The Kier molecular flexibility index (Phi) is 8.40. The number of halogens is 2. The molecule has 3 aromatic carbocycles. The van der Waals surface area contributed by atoms with E-state index in [9.17, 15) is 18.8 Å². The number of benzene rings is 3. The van der Waals surface area contributed by atoms with Crippen LogP contribution in [0.25, 0.3) is 0 Å². The Morgan fingerprint density at radius 2 is 1.70 bits per heavy atom. The molecule has 192 valence electrons. The number of anilines is 1. The smallest absolute Gasteiger partial charge is 0.312 e. The van der Waals surface area contributed by atoms with Gasteiger partial charge in [0, 0.05) is 36.5 Å². The van der Waals surface area contributed by atoms with Crippen LogP contribution in [-0.4, -0.2) is 43.3 Å². The molecule has 4 rings (SSSR count). The molecule has 9 heteroatoms. The van der Waals surface area contributed by atoms with Crippen molar-refractivity contribution in [3.63, 3.8) is 0 Å². The molecule has 0 saturated carbocycles. The summed E-state index contributed by atoms with van der Waals surface area (Å²) in [6, 6.07) is 19.1. The van der Waals surface area contributed by atoms with Crippen LogP contribution in [0.1, 0.15) is 23.2 Å². The van der Waals surface area contributed by atoms with Crippen LogP contribution in [0.5, 0.6) is 17.2 Å². The van der Waals surface area contributed by atoms with E-state index in [1.54, 1.807) is 43.5 Å². The lowest BCUT2D eigenvalue weighted by molar-refractivity contribution is -0.151. The third kappa shape index (κ3) is 6.27. The molecular weight excluding hydrogens is 501 g/mol. The molecule has 0 unspecified atom stereocenters. The SMILES string of the molecule is COc1ccccc1Oc1ccc(N2C[C@@H](C(=O)O[C@@H](CCCl)C(=O)c3ccc(F)cc3)CC2=O)cc1. The standard InChI is InChI=1S/C28H25ClFNO6/c1-35-23-4-2-3-5-24(23)36-22-12-10-21(11-13-22)31-17-19(16-26(31)32)28(34)37-25(14-15-29)27(33)18-6-8-20(30)9-7-18/h2-13,19,25H,14-17H2,1H3/t19-,25-/m0/s1. The third-order valence-corrected chi connectivity index (χ3v) is 6.17. The van der Waals surface area contributed by atoms with Gasteiger partial charge in [0.1, 0.15) is 11.6 Å². The van der Waals surface area contributed by atoms with E-state index >= 15 is 0 Å². The molecule has 1 heterocycles. The summed E-state index contributed by atoms with van der Waals surface area (Å²) in [5.41, 5.74) is 0.816. The zero-order valence-corrected chi connectivity index (χ0v) is 20.8. The van der Waals surface area contributed by atoms with E-state index < -0.39 is 29.6 Å². The van der Waals surface area contributed by atoms with Gasteiger partial charge in [-0.15, -0.1) is 11.6 Å². The number of nitrogens with zero attached hydrogens (tertiary/aromatic N) is 1. The number of Topliss-reactive ketones (excluding diaryl/α,β-unsaturated/α-hetero) is 1. The molecule has 1 aliphatic heterocycles. The van der Waals surface area contributed by atoms with Gasteiger partial charge in [0.2, 0.25) is 11.7 Å². The Labute approximate surface area is 218 Å². The van der Waals surface area contributed by atoms with Crippen LogP contribution in [0.15, 0.2) is 72.8 Å². The average Bonchev–Trinajstić information content (AvgIpc) is 3.31. The van der Waals surface area contributed by atoms with E-state index in [2.05, 4.69) is 0 Å². The quantitative estimate of drug-likeness (QED) is 0.200. The predicted molar refractivity (Wildman–Crippen MR) is 136 cm³/mol. The lowest BCUT2D eigenvalue weighted by atomic mass is 10.0. The van der Waals surface area contributed by atoms with Crippen molar-refractivity contribution in [2.75, 3.05) is 24.4 Å². The van der Waals surface area contributed by atoms with Crippen LogP contribution in [0.2, 0.25) is 0 Å². The predicted octanol–water partition coefficient (Wildman–Crippen LogP) is 5.40. The molecule has 1 amide bonds. The highest BCUT2D eigenvalue weighted by molar-refractivity contribution is 6.18. The van der Waals surface area contributed by atoms with Gasteiger partial charge in [-0.05, 0) is 60.7 Å². The fourth-order valence-corrected chi connectivity index (χ4v) is 4.22. The lowest BCUT2D eigenvalue weighted by Gasteiger charge is -2.19. The van der Waals surface area contributed by atoms with Crippen LogP contribution in [0, 0.1) is 11.7 Å². The molecule has 37 heavy (non-hydrogen) atoms. The first-order chi connectivity index (χ1) is 17.9. The molecule has 0 spiro atoms. The number of hydrogen-bond acceptors (Lipinski definition) is 6. The first-order valence-electron chi connectivity index (χ1n) is 11.7. The van der Waals surface area contributed by atoms with Crippen molar-refractivity contribution in [3.05, 3.63) is 84.2 Å². The van der Waals surface area contributed by atoms with Crippen molar-refractivity contribution < 1.29 is 33.0 Å². The largest absolute Gasteiger partial charge is 0.493 e. The summed E-state index contributed by atoms with van der Waals surface area (Å²) in [6.07, 6.45) is -1.07. The number of carbonyl (C=O) groups excluding carboxylic acids is 3. The molecule has 0 bridgehead atoms. The zero-order chi connectivity index (χ0) is 26.4. The first-order valence-corrected chi connectivity index (χ1v) is 12.2. The number of esters is 1. The summed E-state index contributed by atoms with van der Waals surface area (Å²) in [5, 5.41) is 0. The van der Waals surface area contributed by atoms with Gasteiger partial charge < -0.3 is 19.1 Å². The summed E-state index contributed by atoms with van der Waals surface area (Å²) in [7, 11) is 1.56. The van der Waals surface area contributed by atoms with Crippen molar-refractivity contribution in [2.45, 2.75) is 18.9 Å². The summed E-state index contributed by atoms with van der Waals surface area (Å²) in [5.74, 6) is -0.796. The highest BCUT2D eigenvalue weighted by Crippen LogP contribution is 2.33. The molecule has 2 atom stereocenters. The number of rotatable bonds is 10. The Bertz CT molecular complexity index is 1260. The summed E-state index contributed by atoms with van der Waals surface area (Å²) >= 11 is 5.82. The Hall–Kier alpha value is -3.91. The van der Waals surface area contributed by atoms with Crippen molar-refractivity contribution >= 4 is 34.9 Å². The maximum absolute atomic E-state index is 13.2. The van der Waals surface area contributed by atoms with Gasteiger partial charge in [-0.1, -0.05) is 12.1 Å². The summed E-state index contributed by atoms with van der Waals surface area (Å²) in [6.45, 7) is 0.114. The first kappa shape index (κ1) is 26.2. The van der Waals surface area contributed by atoms with E-state index in [0.717, 1.165) is 12.1 Å². The maximum Gasteiger partial charge on any atom is 0.312 e. The summed E-state index contributed by atoms with van der Waals surface area (Å²) in [4.78, 5) is 39.9. The molecule has 0 N–H and O–H groups in total. The number of amides is 1. The van der Waals surface area contributed by atoms with Gasteiger partial charge >= 0.3 is 5.97 Å². The molecule has 3 aromatic rings. The summed E-state index contributed by atoms with van der Waals surface area (Å²) < 4.78 is 29.9. The van der Waals surface area contributed by atoms with Crippen molar-refractivity contribution in [3.8, 4) is 17.2 Å². The second-order valence-corrected chi connectivity index (χ2v) is 8.80. The number of ether oxygens (including phenoxy) is 3. The van der Waals surface area contributed by atoms with Crippen LogP contribution in [0.3, 0.4) is 0 Å². The van der Waals surface area contributed by atoms with Gasteiger partial charge in [-0.3, -0.25) is 14.4 Å². The minimum Gasteiger partial charge on any atom is -0.493 e. The van der Waals surface area contributed by atoms with E-state index in [4.69, 9.17) is 25.8 Å². The number of carbonyl (C=O) groups is 3. The van der Waals surface area contributed by atoms with Gasteiger partial charge in [0.25, 0.3) is 0 Å². The monoisotopic (exact) mass is 525 g/mol. The van der Waals surface area contributed by atoms with Gasteiger partial charge in [0.15, 0.2) is 17.6 Å². The van der Waals surface area contributed by atoms with Crippen LogP contribution in [0.4, 0.5) is 10.1 Å². The molecule has 0 aromatic heterocycles. The molecule has 1 fully saturated rings. The molecule has 7 nitrogen and oxygen atoms in total. The van der Waals surface area contributed by atoms with E-state index in [-0.39, 0.29) is 36.7 Å². The minimum absolute atomic E-state index is 0.0450. The number of ketones is 1. The number of methoxy groups -OCH3 is 1.